The van der Waals surface area contributed by atoms with Crippen molar-refractivity contribution >= 4 is 71.2 Å². The highest BCUT2D eigenvalue weighted by atomic mass is 35.5. The number of hydrogen-bond donors (Lipinski definition) is 4. The molecule has 2 saturated carbocycles. The summed E-state index contributed by atoms with van der Waals surface area (Å²) in [6.45, 7) is 1.37. The summed E-state index contributed by atoms with van der Waals surface area (Å²) in [4.78, 5) is 30.7. The van der Waals surface area contributed by atoms with Crippen molar-refractivity contribution in [2.24, 2.45) is 5.73 Å². The van der Waals surface area contributed by atoms with Crippen LogP contribution in [-0.2, 0) is 0 Å². The zero-order valence-electron chi connectivity index (χ0n) is 24.1. The van der Waals surface area contributed by atoms with Crippen LogP contribution in [-0.4, -0.2) is 67.9 Å². The summed E-state index contributed by atoms with van der Waals surface area (Å²) in [5.74, 6) is 1.45. The van der Waals surface area contributed by atoms with Gasteiger partial charge < -0.3 is 31.2 Å². The van der Waals surface area contributed by atoms with E-state index in [1.54, 1.807) is 11.8 Å². The molecule has 13 heteroatoms. The molecule has 0 spiro atoms. The second kappa shape index (κ2) is 14.8. The number of amides is 2. The second-order valence-corrected chi connectivity index (χ2v) is 12.4. The maximum Gasteiger partial charge on any atom is 0.321 e. The first kappa shape index (κ1) is 32.4. The number of rotatable bonds is 7. The van der Waals surface area contributed by atoms with Crippen LogP contribution in [0.1, 0.15) is 70.3 Å². The van der Waals surface area contributed by atoms with Gasteiger partial charge in [-0.25, -0.2) is 9.78 Å². The van der Waals surface area contributed by atoms with E-state index in [0.717, 1.165) is 61.2 Å². The Morgan fingerprint density at radius 2 is 1.57 bits per heavy atom. The van der Waals surface area contributed by atoms with Crippen molar-refractivity contribution in [2.75, 3.05) is 35.3 Å². The molecule has 6 rings (SSSR count). The van der Waals surface area contributed by atoms with Crippen LogP contribution in [0.15, 0.2) is 35.5 Å². The van der Waals surface area contributed by atoms with Gasteiger partial charge in [0.15, 0.2) is 17.0 Å². The fourth-order valence-electron chi connectivity index (χ4n) is 6.27. The Hall–Kier alpha value is -2.47. The summed E-state index contributed by atoms with van der Waals surface area (Å²) in [6, 6.07) is 9.22. The van der Waals surface area contributed by atoms with E-state index in [0.29, 0.717) is 37.2 Å². The third kappa shape index (κ3) is 7.53. The molecule has 10 nitrogen and oxygen atoms in total. The van der Waals surface area contributed by atoms with E-state index in [1.807, 2.05) is 41.7 Å². The van der Waals surface area contributed by atoms with E-state index in [9.17, 15) is 4.79 Å². The fraction of sp³-hybridized carbons (Fsp3) is 0.586. The zero-order chi connectivity index (χ0) is 27.5. The summed E-state index contributed by atoms with van der Waals surface area (Å²) >= 11 is 1.69. The first-order valence-electron chi connectivity index (χ1n) is 14.8. The average molecular weight is 637 g/mol. The zero-order valence-corrected chi connectivity index (χ0v) is 26.6. The number of carbonyl (C=O) groups is 1. The van der Waals surface area contributed by atoms with Gasteiger partial charge in [0.25, 0.3) is 0 Å². The van der Waals surface area contributed by atoms with Gasteiger partial charge in [0.1, 0.15) is 0 Å². The predicted molar refractivity (Wildman–Crippen MR) is 177 cm³/mol. The van der Waals surface area contributed by atoms with Gasteiger partial charge in [0, 0.05) is 47.8 Å². The average Bonchev–Trinajstić information content (AvgIpc) is 3.65. The van der Waals surface area contributed by atoms with E-state index in [4.69, 9.17) is 20.7 Å². The third-order valence-electron chi connectivity index (χ3n) is 8.71. The first-order chi connectivity index (χ1) is 19.6. The Bertz CT molecular complexity index is 1300. The Labute approximate surface area is 264 Å². The van der Waals surface area contributed by atoms with Gasteiger partial charge in [-0.1, -0.05) is 12.8 Å². The molecule has 230 valence electrons. The highest BCUT2D eigenvalue weighted by Gasteiger charge is 2.27. The topological polar surface area (TPSA) is 126 Å². The van der Waals surface area contributed by atoms with Gasteiger partial charge in [-0.2, -0.15) is 9.97 Å². The lowest BCUT2D eigenvalue weighted by Gasteiger charge is -2.32. The van der Waals surface area contributed by atoms with Crippen molar-refractivity contribution in [2.45, 2.75) is 93.3 Å². The number of nitrogens with zero attached hydrogens (tertiary/aromatic N) is 5. The van der Waals surface area contributed by atoms with Crippen molar-refractivity contribution in [1.29, 1.82) is 0 Å². The normalized spacial score (nSPS) is 21.4. The molecule has 1 aromatic carbocycles. The molecule has 0 bridgehead atoms. The number of likely N-dealkylation sites (tertiary alicyclic amines) is 1. The monoisotopic (exact) mass is 635 g/mol. The van der Waals surface area contributed by atoms with E-state index >= 15 is 0 Å². The molecular formula is C29H43Cl2N9OS. The van der Waals surface area contributed by atoms with Gasteiger partial charge in [-0.3, -0.25) is 0 Å². The number of thioether (sulfide) groups is 1. The molecular weight excluding hydrogens is 593 g/mol. The molecule has 42 heavy (non-hydrogen) atoms. The Morgan fingerprint density at radius 3 is 2.24 bits per heavy atom. The number of benzene rings is 1. The molecule has 1 aliphatic heterocycles. The van der Waals surface area contributed by atoms with E-state index in [1.165, 1.54) is 30.6 Å². The molecule has 3 aromatic rings. The summed E-state index contributed by atoms with van der Waals surface area (Å²) in [6.07, 6.45) is 14.7. The van der Waals surface area contributed by atoms with Crippen molar-refractivity contribution in [3.63, 3.8) is 0 Å². The molecule has 0 radical (unpaired) electrons. The summed E-state index contributed by atoms with van der Waals surface area (Å²) in [7, 11) is 0. The molecule has 0 unspecified atom stereocenters. The van der Waals surface area contributed by atoms with Crippen LogP contribution in [0.3, 0.4) is 0 Å². The number of nitrogens with one attached hydrogen (secondary N) is 3. The van der Waals surface area contributed by atoms with Crippen LogP contribution in [0.4, 0.5) is 22.2 Å². The van der Waals surface area contributed by atoms with E-state index in [-0.39, 0.29) is 36.9 Å². The molecule has 3 aliphatic rings. The predicted octanol–water partition coefficient (Wildman–Crippen LogP) is 6.30. The number of aromatic nitrogens is 4. The standard InChI is InChI=1S/C29H41N9OS.2ClH/c1-40-24-12-10-21(11-13-24)34-29(39)37-16-14-22(15-17-37)32-26-25-27(38(18-31-25)23-4-2-3-5-23)36-28(35-26)33-20-8-6-19(30)7-9-20;;/h10-13,18-20,22-23H,2-9,14-17,30H2,1H3,(H,34,39)(H2,32,33,35,36);2*1H. The highest BCUT2D eigenvalue weighted by molar-refractivity contribution is 7.98. The van der Waals surface area contributed by atoms with E-state index in [2.05, 4.69) is 20.5 Å². The molecule has 5 N–H and O–H groups in total. The Kier molecular flexibility index (Phi) is 11.4. The number of nitrogens with two attached hydrogens (primary N) is 1. The number of anilines is 3. The summed E-state index contributed by atoms with van der Waals surface area (Å²) in [5, 5.41) is 10.3. The van der Waals surface area contributed by atoms with Crippen LogP contribution >= 0.6 is 36.6 Å². The number of urea groups is 1. The third-order valence-corrected chi connectivity index (χ3v) is 9.45. The van der Waals surface area contributed by atoms with Crippen LogP contribution in [0, 0.1) is 0 Å². The maximum atomic E-state index is 12.9. The van der Waals surface area contributed by atoms with Crippen LogP contribution in [0.2, 0.25) is 0 Å². The van der Waals surface area contributed by atoms with Gasteiger partial charge in [-0.15, -0.1) is 36.6 Å². The molecule has 3 fully saturated rings. The summed E-state index contributed by atoms with van der Waals surface area (Å²) in [5.41, 5.74) is 8.70. The molecule has 0 atom stereocenters. The van der Waals surface area contributed by atoms with Gasteiger partial charge >= 0.3 is 6.03 Å². The van der Waals surface area contributed by atoms with E-state index < -0.39 is 0 Å². The molecule has 3 heterocycles. The Balaban J connectivity index is 0.00000202. The number of hydrogen-bond acceptors (Lipinski definition) is 8. The molecule has 1 saturated heterocycles. The molecule has 2 amide bonds. The second-order valence-electron chi connectivity index (χ2n) is 11.5. The maximum absolute atomic E-state index is 12.9. The lowest BCUT2D eigenvalue weighted by atomic mass is 9.92. The minimum atomic E-state index is -0.0474. The lowest BCUT2D eigenvalue weighted by Crippen LogP contribution is -2.44. The van der Waals surface area contributed by atoms with Gasteiger partial charge in [0.05, 0.1) is 6.33 Å². The minimum Gasteiger partial charge on any atom is -0.365 e. The number of halogens is 2. The van der Waals surface area contributed by atoms with Crippen LogP contribution < -0.4 is 21.7 Å². The van der Waals surface area contributed by atoms with Crippen molar-refractivity contribution in [1.82, 2.24) is 24.4 Å². The quantitative estimate of drug-likeness (QED) is 0.223. The smallest absolute Gasteiger partial charge is 0.321 e. The number of fused-ring (bicyclic) bond motifs is 1. The Morgan fingerprint density at radius 1 is 0.905 bits per heavy atom. The number of piperidine rings is 1. The van der Waals surface area contributed by atoms with Gasteiger partial charge in [-0.05, 0) is 81.9 Å². The van der Waals surface area contributed by atoms with Crippen molar-refractivity contribution in [3.8, 4) is 0 Å². The van der Waals surface area contributed by atoms with Crippen LogP contribution in [0.25, 0.3) is 11.2 Å². The SMILES string of the molecule is CSc1ccc(NC(=O)N2CCC(Nc3nc(NC4CCC(N)CC4)nc4c3ncn4C3CCCC3)CC2)cc1.Cl.Cl. The van der Waals surface area contributed by atoms with Crippen molar-refractivity contribution in [3.05, 3.63) is 30.6 Å². The fourth-order valence-corrected chi connectivity index (χ4v) is 6.68. The number of imidazole rings is 1. The molecule has 2 aliphatic carbocycles. The van der Waals surface area contributed by atoms with Crippen LogP contribution in [0.5, 0.6) is 0 Å². The highest BCUT2D eigenvalue weighted by Crippen LogP contribution is 2.34. The minimum absolute atomic E-state index is 0. The largest absolute Gasteiger partial charge is 0.365 e. The number of carbonyl (C=O) groups excluding carboxylic acids is 1. The van der Waals surface area contributed by atoms with Gasteiger partial charge in [0.2, 0.25) is 5.95 Å². The first-order valence-corrected chi connectivity index (χ1v) is 16.0. The lowest BCUT2D eigenvalue weighted by molar-refractivity contribution is 0.197. The van der Waals surface area contributed by atoms with Crippen molar-refractivity contribution < 1.29 is 4.79 Å². The summed E-state index contributed by atoms with van der Waals surface area (Å²) < 4.78 is 2.26. The molecule has 2 aromatic heterocycles.